The SMILES string of the molecule is CCOCCOCCOc1ccc(C[C@H](OS(C)(=O)=O)C(=O)OC(C)(C)C)cc1. The van der Waals surface area contributed by atoms with Crippen molar-refractivity contribution in [2.24, 2.45) is 0 Å². The van der Waals surface area contributed by atoms with Crippen molar-refractivity contribution in [3.63, 3.8) is 0 Å². The van der Waals surface area contributed by atoms with Gasteiger partial charge in [-0.05, 0) is 45.4 Å². The summed E-state index contributed by atoms with van der Waals surface area (Å²) in [7, 11) is -3.82. The molecule has 0 heterocycles. The summed E-state index contributed by atoms with van der Waals surface area (Å²) in [6, 6.07) is 6.97. The van der Waals surface area contributed by atoms with Crippen LogP contribution in [0.1, 0.15) is 33.3 Å². The normalized spacial score (nSPS) is 13.1. The van der Waals surface area contributed by atoms with E-state index in [0.29, 0.717) is 44.3 Å². The standard InChI is InChI=1S/C20H32O8S/c1-6-24-11-12-25-13-14-26-17-9-7-16(8-10-17)15-18(28-29(5,22)23)19(21)27-20(2,3)4/h7-10,18H,6,11-15H2,1-5H3/t18-/m0/s1. The lowest BCUT2D eigenvalue weighted by Gasteiger charge is -2.23. The molecular weight excluding hydrogens is 400 g/mol. The number of esters is 1. The van der Waals surface area contributed by atoms with E-state index in [-0.39, 0.29) is 6.42 Å². The predicted molar refractivity (Wildman–Crippen MR) is 109 cm³/mol. The first-order chi connectivity index (χ1) is 13.5. The van der Waals surface area contributed by atoms with Crippen molar-refractivity contribution in [1.82, 2.24) is 0 Å². The fourth-order valence-electron chi connectivity index (χ4n) is 2.25. The van der Waals surface area contributed by atoms with Crippen LogP contribution in [0.4, 0.5) is 0 Å². The molecule has 0 radical (unpaired) electrons. The molecule has 0 fully saturated rings. The maximum Gasteiger partial charge on any atom is 0.337 e. The smallest absolute Gasteiger partial charge is 0.337 e. The van der Waals surface area contributed by atoms with E-state index in [2.05, 4.69) is 0 Å². The van der Waals surface area contributed by atoms with Gasteiger partial charge in [-0.15, -0.1) is 0 Å². The highest BCUT2D eigenvalue weighted by atomic mass is 32.2. The van der Waals surface area contributed by atoms with E-state index in [4.69, 9.17) is 23.1 Å². The van der Waals surface area contributed by atoms with E-state index in [1.807, 2.05) is 6.92 Å². The van der Waals surface area contributed by atoms with Crippen molar-refractivity contribution in [1.29, 1.82) is 0 Å². The van der Waals surface area contributed by atoms with Gasteiger partial charge in [0.25, 0.3) is 10.1 Å². The zero-order chi connectivity index (χ0) is 21.9. The molecule has 0 saturated heterocycles. The number of hydrogen-bond acceptors (Lipinski definition) is 8. The van der Waals surface area contributed by atoms with Crippen LogP contribution in [0.15, 0.2) is 24.3 Å². The van der Waals surface area contributed by atoms with Gasteiger partial charge in [-0.3, -0.25) is 4.18 Å². The lowest BCUT2D eigenvalue weighted by molar-refractivity contribution is -0.163. The molecule has 0 amide bonds. The summed E-state index contributed by atoms with van der Waals surface area (Å²) in [4.78, 5) is 12.3. The zero-order valence-corrected chi connectivity index (χ0v) is 18.6. The molecule has 0 aromatic heterocycles. The Kier molecular flexibility index (Phi) is 10.6. The summed E-state index contributed by atoms with van der Waals surface area (Å²) in [5.41, 5.74) is -0.0386. The molecule has 0 aliphatic heterocycles. The van der Waals surface area contributed by atoms with Crippen molar-refractivity contribution >= 4 is 16.1 Å². The highest BCUT2D eigenvalue weighted by molar-refractivity contribution is 7.86. The van der Waals surface area contributed by atoms with Gasteiger partial charge in [0.15, 0.2) is 6.10 Å². The minimum absolute atomic E-state index is 0.0583. The van der Waals surface area contributed by atoms with Crippen LogP contribution in [0.3, 0.4) is 0 Å². The molecule has 0 spiro atoms. The van der Waals surface area contributed by atoms with Crippen molar-refractivity contribution in [3.05, 3.63) is 29.8 Å². The second kappa shape index (κ2) is 12.1. The van der Waals surface area contributed by atoms with Crippen molar-refractivity contribution in [2.45, 2.75) is 45.8 Å². The fraction of sp³-hybridized carbons (Fsp3) is 0.650. The molecule has 0 aliphatic rings. The van der Waals surface area contributed by atoms with Crippen molar-refractivity contribution < 1.29 is 36.3 Å². The molecule has 9 heteroatoms. The molecule has 29 heavy (non-hydrogen) atoms. The van der Waals surface area contributed by atoms with Gasteiger partial charge in [-0.25, -0.2) is 4.79 Å². The Balaban J connectivity index is 2.58. The van der Waals surface area contributed by atoms with E-state index < -0.39 is 27.8 Å². The van der Waals surface area contributed by atoms with Gasteiger partial charge in [0.05, 0.1) is 26.1 Å². The van der Waals surface area contributed by atoms with Gasteiger partial charge >= 0.3 is 5.97 Å². The fourth-order valence-corrected chi connectivity index (χ4v) is 2.82. The first-order valence-electron chi connectivity index (χ1n) is 9.48. The van der Waals surface area contributed by atoms with Crippen molar-refractivity contribution in [2.75, 3.05) is 39.3 Å². The quantitative estimate of drug-likeness (QED) is 0.266. The second-order valence-electron chi connectivity index (χ2n) is 7.33. The first kappa shape index (κ1) is 25.4. The lowest BCUT2D eigenvalue weighted by atomic mass is 10.1. The second-order valence-corrected chi connectivity index (χ2v) is 8.93. The highest BCUT2D eigenvalue weighted by Gasteiger charge is 2.29. The van der Waals surface area contributed by atoms with Gasteiger partial charge in [0.1, 0.15) is 18.0 Å². The Bertz CT molecular complexity index is 707. The first-order valence-corrected chi connectivity index (χ1v) is 11.3. The van der Waals surface area contributed by atoms with Crippen LogP contribution in [0.25, 0.3) is 0 Å². The van der Waals surface area contributed by atoms with E-state index >= 15 is 0 Å². The Labute approximate surface area is 173 Å². The van der Waals surface area contributed by atoms with E-state index in [0.717, 1.165) is 6.26 Å². The Morgan fingerprint density at radius 2 is 1.59 bits per heavy atom. The van der Waals surface area contributed by atoms with E-state index in [1.165, 1.54) is 0 Å². The summed E-state index contributed by atoms with van der Waals surface area (Å²) in [6.45, 7) is 9.61. The number of hydrogen-bond donors (Lipinski definition) is 0. The third kappa shape index (κ3) is 12.5. The molecule has 0 aliphatic carbocycles. The Hall–Kier alpha value is -1.68. The molecule has 166 valence electrons. The van der Waals surface area contributed by atoms with Crippen LogP contribution in [0, 0.1) is 0 Å². The number of carbonyl (C=O) groups excluding carboxylic acids is 1. The molecular formula is C20H32O8S. The van der Waals surface area contributed by atoms with Crippen LogP contribution in [0.2, 0.25) is 0 Å². The molecule has 1 rings (SSSR count). The van der Waals surface area contributed by atoms with Gasteiger partial charge < -0.3 is 18.9 Å². The molecule has 0 saturated carbocycles. The summed E-state index contributed by atoms with van der Waals surface area (Å²) in [5.74, 6) is -0.0903. The lowest BCUT2D eigenvalue weighted by Crippen LogP contribution is -2.36. The van der Waals surface area contributed by atoms with Gasteiger partial charge in [0.2, 0.25) is 0 Å². The van der Waals surface area contributed by atoms with Crippen molar-refractivity contribution in [3.8, 4) is 5.75 Å². The third-order valence-electron chi connectivity index (χ3n) is 3.38. The average molecular weight is 433 g/mol. The van der Waals surface area contributed by atoms with Crippen LogP contribution >= 0.6 is 0 Å². The van der Waals surface area contributed by atoms with Gasteiger partial charge in [-0.2, -0.15) is 8.42 Å². The highest BCUT2D eigenvalue weighted by Crippen LogP contribution is 2.17. The van der Waals surface area contributed by atoms with Crippen LogP contribution < -0.4 is 4.74 Å². The summed E-state index contributed by atoms with van der Waals surface area (Å²) < 4.78 is 49.4. The molecule has 8 nitrogen and oxygen atoms in total. The average Bonchev–Trinajstić information content (AvgIpc) is 2.59. The number of rotatable bonds is 13. The molecule has 0 unspecified atom stereocenters. The largest absolute Gasteiger partial charge is 0.491 e. The summed E-state index contributed by atoms with van der Waals surface area (Å²) >= 11 is 0. The number of ether oxygens (including phenoxy) is 4. The predicted octanol–water partition coefficient (Wildman–Crippen LogP) is 2.35. The van der Waals surface area contributed by atoms with Crippen LogP contribution in [-0.4, -0.2) is 65.4 Å². The molecule has 1 aromatic rings. The van der Waals surface area contributed by atoms with Crippen LogP contribution in [0.5, 0.6) is 5.75 Å². The molecule has 1 aromatic carbocycles. The summed E-state index contributed by atoms with van der Waals surface area (Å²) in [5, 5.41) is 0. The van der Waals surface area contributed by atoms with Crippen LogP contribution in [-0.2, 0) is 39.7 Å². The van der Waals surface area contributed by atoms with Gasteiger partial charge in [-0.1, -0.05) is 12.1 Å². The number of carbonyl (C=O) groups is 1. The van der Waals surface area contributed by atoms with E-state index in [9.17, 15) is 13.2 Å². The number of benzene rings is 1. The zero-order valence-electron chi connectivity index (χ0n) is 17.8. The van der Waals surface area contributed by atoms with E-state index in [1.54, 1.807) is 45.0 Å². The molecule has 1 atom stereocenters. The maximum absolute atomic E-state index is 12.3. The third-order valence-corrected chi connectivity index (χ3v) is 3.96. The molecule has 0 bridgehead atoms. The summed E-state index contributed by atoms with van der Waals surface area (Å²) in [6.07, 6.45) is -0.296. The monoisotopic (exact) mass is 432 g/mol. The topological polar surface area (TPSA) is 97.4 Å². The Morgan fingerprint density at radius 3 is 2.14 bits per heavy atom. The minimum Gasteiger partial charge on any atom is -0.491 e. The Morgan fingerprint density at radius 1 is 1.00 bits per heavy atom. The van der Waals surface area contributed by atoms with Gasteiger partial charge in [0, 0.05) is 13.0 Å². The minimum atomic E-state index is -3.82. The molecule has 0 N–H and O–H groups in total. The maximum atomic E-state index is 12.3.